The first-order valence-electron chi connectivity index (χ1n) is 7.87. The van der Waals surface area contributed by atoms with Crippen LogP contribution < -0.4 is 0 Å². The molecule has 116 valence electrons. The minimum absolute atomic E-state index is 0.0550. The van der Waals surface area contributed by atoms with E-state index in [1.807, 2.05) is 13.8 Å². The number of carbonyl (C=O) groups is 2. The lowest BCUT2D eigenvalue weighted by Crippen LogP contribution is -2.42. The van der Waals surface area contributed by atoms with E-state index in [9.17, 15) is 14.7 Å². The normalized spacial score (nSPS) is 27.3. The van der Waals surface area contributed by atoms with Crippen molar-refractivity contribution in [2.24, 2.45) is 11.8 Å². The van der Waals surface area contributed by atoms with Crippen LogP contribution >= 0.6 is 0 Å². The third-order valence-corrected chi connectivity index (χ3v) is 4.68. The molecule has 22 heavy (non-hydrogen) atoms. The van der Waals surface area contributed by atoms with Crippen molar-refractivity contribution in [1.29, 1.82) is 0 Å². The Morgan fingerprint density at radius 1 is 1.09 bits per heavy atom. The average Bonchev–Trinajstić information content (AvgIpc) is 2.53. The topological polar surface area (TPSA) is 63.6 Å². The zero-order chi connectivity index (χ0) is 15.9. The highest BCUT2D eigenvalue weighted by Crippen LogP contribution is 2.43. The Kier molecular flexibility index (Phi) is 3.87. The van der Waals surface area contributed by atoms with E-state index in [0.717, 1.165) is 12.8 Å². The number of aliphatic hydroxyl groups excluding tert-OH is 1. The van der Waals surface area contributed by atoms with E-state index < -0.39 is 6.29 Å². The maximum Gasteiger partial charge on any atom is 0.228 e. The molecule has 0 aromatic heterocycles. The number of rotatable bonds is 3. The van der Waals surface area contributed by atoms with Crippen molar-refractivity contribution >= 4 is 11.6 Å². The number of Topliss-reactive ketones (excluding diaryl/α,β-unsaturated/α-hetero) is 2. The zero-order valence-electron chi connectivity index (χ0n) is 12.8. The number of hydrogen-bond donors (Lipinski definition) is 1. The van der Waals surface area contributed by atoms with E-state index in [1.54, 1.807) is 24.3 Å². The third kappa shape index (κ3) is 2.10. The van der Waals surface area contributed by atoms with E-state index in [1.165, 1.54) is 0 Å². The summed E-state index contributed by atoms with van der Waals surface area (Å²) in [6, 6.07) is 6.82. The molecule has 0 saturated heterocycles. The molecule has 1 N–H and O–H groups in total. The van der Waals surface area contributed by atoms with Gasteiger partial charge in [-0.05, 0) is 12.8 Å². The predicted molar refractivity (Wildman–Crippen MR) is 81.4 cm³/mol. The van der Waals surface area contributed by atoms with E-state index in [4.69, 9.17) is 4.74 Å². The van der Waals surface area contributed by atoms with Crippen LogP contribution in [0.4, 0.5) is 0 Å². The summed E-state index contributed by atoms with van der Waals surface area (Å²) < 4.78 is 5.47. The van der Waals surface area contributed by atoms with Gasteiger partial charge >= 0.3 is 0 Å². The molecule has 4 heteroatoms. The zero-order valence-corrected chi connectivity index (χ0v) is 12.8. The molecular formula is C18H20O4. The van der Waals surface area contributed by atoms with Crippen LogP contribution in [-0.2, 0) is 4.74 Å². The van der Waals surface area contributed by atoms with Crippen LogP contribution in [0.3, 0.4) is 0 Å². The number of benzene rings is 1. The molecule has 4 nitrogen and oxygen atoms in total. The second-order valence-electron chi connectivity index (χ2n) is 5.92. The summed E-state index contributed by atoms with van der Waals surface area (Å²) in [5.74, 6) is -0.646. The standard InChI is InChI=1S/C18H20O4/c1-3-7-11-10(4-2)18(21)22-17-14(11)15(19)12-8-5-6-9-13(12)16(17)20/h5-6,8-11,18,21H,3-4,7H2,1-2H3. The van der Waals surface area contributed by atoms with Gasteiger partial charge in [0.05, 0.1) is 0 Å². The number of ether oxygens (including phenoxy) is 1. The van der Waals surface area contributed by atoms with Crippen LogP contribution in [0, 0.1) is 11.8 Å². The fourth-order valence-corrected chi connectivity index (χ4v) is 3.60. The molecule has 1 aliphatic heterocycles. The number of fused-ring (bicyclic) bond motifs is 1. The summed E-state index contributed by atoms with van der Waals surface area (Å²) >= 11 is 0. The van der Waals surface area contributed by atoms with E-state index in [0.29, 0.717) is 23.1 Å². The Hall–Kier alpha value is -1.94. The van der Waals surface area contributed by atoms with Gasteiger partial charge in [-0.3, -0.25) is 9.59 Å². The van der Waals surface area contributed by atoms with Gasteiger partial charge in [0.25, 0.3) is 0 Å². The smallest absolute Gasteiger partial charge is 0.228 e. The molecule has 2 aliphatic rings. The fourth-order valence-electron chi connectivity index (χ4n) is 3.60. The molecule has 1 aromatic carbocycles. The van der Waals surface area contributed by atoms with Gasteiger partial charge < -0.3 is 9.84 Å². The van der Waals surface area contributed by atoms with Gasteiger partial charge in [-0.25, -0.2) is 0 Å². The predicted octanol–water partition coefficient (Wildman–Crippen LogP) is 3.11. The molecule has 3 unspecified atom stereocenters. The van der Waals surface area contributed by atoms with Crippen molar-refractivity contribution in [2.45, 2.75) is 39.4 Å². The highest BCUT2D eigenvalue weighted by atomic mass is 16.6. The highest BCUT2D eigenvalue weighted by molar-refractivity contribution is 6.26. The molecule has 3 rings (SSSR count). The number of allylic oxidation sites excluding steroid dienone is 2. The summed E-state index contributed by atoms with van der Waals surface area (Å²) in [5, 5.41) is 10.2. The van der Waals surface area contributed by atoms with Crippen molar-refractivity contribution in [3.8, 4) is 0 Å². The van der Waals surface area contributed by atoms with Crippen LogP contribution in [-0.4, -0.2) is 23.0 Å². The molecule has 1 heterocycles. The lowest BCUT2D eigenvalue weighted by molar-refractivity contribution is -0.127. The largest absolute Gasteiger partial charge is 0.460 e. The van der Waals surface area contributed by atoms with Crippen molar-refractivity contribution < 1.29 is 19.4 Å². The van der Waals surface area contributed by atoms with Gasteiger partial charge in [-0.15, -0.1) is 0 Å². The van der Waals surface area contributed by atoms with Gasteiger partial charge in [0.1, 0.15) is 0 Å². The average molecular weight is 300 g/mol. The summed E-state index contributed by atoms with van der Waals surface area (Å²) in [4.78, 5) is 25.5. The first-order valence-corrected chi connectivity index (χ1v) is 7.87. The quantitative estimate of drug-likeness (QED) is 0.931. The Labute approximate surface area is 129 Å². The second kappa shape index (κ2) is 5.69. The van der Waals surface area contributed by atoms with Crippen LogP contribution in [0.25, 0.3) is 0 Å². The van der Waals surface area contributed by atoms with Crippen molar-refractivity contribution in [1.82, 2.24) is 0 Å². The first-order chi connectivity index (χ1) is 10.6. The van der Waals surface area contributed by atoms with Gasteiger partial charge in [-0.2, -0.15) is 0 Å². The van der Waals surface area contributed by atoms with Crippen LogP contribution in [0.1, 0.15) is 53.8 Å². The van der Waals surface area contributed by atoms with Gasteiger partial charge in [0, 0.05) is 28.5 Å². The number of ketones is 2. The molecule has 0 amide bonds. The number of hydrogen-bond acceptors (Lipinski definition) is 4. The summed E-state index contributed by atoms with van der Waals surface area (Å²) in [5.41, 5.74) is 1.27. The fraction of sp³-hybridized carbons (Fsp3) is 0.444. The summed E-state index contributed by atoms with van der Waals surface area (Å²) in [6.45, 7) is 4.01. The van der Waals surface area contributed by atoms with Crippen LogP contribution in [0.15, 0.2) is 35.6 Å². The maximum absolute atomic E-state index is 12.9. The monoisotopic (exact) mass is 300 g/mol. The Balaban J connectivity index is 2.15. The molecule has 0 fully saturated rings. The molecule has 0 spiro atoms. The van der Waals surface area contributed by atoms with E-state index in [2.05, 4.69) is 0 Å². The van der Waals surface area contributed by atoms with Crippen molar-refractivity contribution in [2.75, 3.05) is 0 Å². The Morgan fingerprint density at radius 3 is 2.32 bits per heavy atom. The van der Waals surface area contributed by atoms with E-state index in [-0.39, 0.29) is 29.2 Å². The lowest BCUT2D eigenvalue weighted by atomic mass is 9.72. The molecule has 0 saturated carbocycles. The van der Waals surface area contributed by atoms with Crippen LogP contribution in [0.2, 0.25) is 0 Å². The second-order valence-corrected chi connectivity index (χ2v) is 5.92. The van der Waals surface area contributed by atoms with Crippen molar-refractivity contribution in [3.05, 3.63) is 46.7 Å². The first kappa shape index (κ1) is 15.0. The summed E-state index contributed by atoms with van der Waals surface area (Å²) in [7, 11) is 0. The van der Waals surface area contributed by atoms with Crippen molar-refractivity contribution in [3.63, 3.8) is 0 Å². The number of carbonyl (C=O) groups excluding carboxylic acids is 2. The summed E-state index contributed by atoms with van der Waals surface area (Å²) in [6.07, 6.45) is 1.32. The van der Waals surface area contributed by atoms with Gasteiger partial charge in [0.2, 0.25) is 12.1 Å². The minimum Gasteiger partial charge on any atom is -0.460 e. The van der Waals surface area contributed by atoms with Gasteiger partial charge in [-0.1, -0.05) is 44.5 Å². The molecule has 1 aromatic rings. The Bertz CT molecular complexity index is 659. The molecular weight excluding hydrogens is 280 g/mol. The highest BCUT2D eigenvalue weighted by Gasteiger charge is 2.45. The van der Waals surface area contributed by atoms with Gasteiger partial charge in [0.15, 0.2) is 11.5 Å². The Morgan fingerprint density at radius 2 is 1.73 bits per heavy atom. The minimum atomic E-state index is -1.03. The molecule has 3 atom stereocenters. The maximum atomic E-state index is 12.9. The third-order valence-electron chi connectivity index (χ3n) is 4.68. The lowest BCUT2D eigenvalue weighted by Gasteiger charge is -2.39. The molecule has 0 bridgehead atoms. The number of aliphatic hydroxyl groups is 1. The molecule has 1 aliphatic carbocycles. The van der Waals surface area contributed by atoms with Crippen LogP contribution in [0.5, 0.6) is 0 Å². The molecule has 0 radical (unpaired) electrons. The van der Waals surface area contributed by atoms with E-state index >= 15 is 0 Å². The SMILES string of the molecule is CCCC1C2=C(OC(O)C1CC)C(=O)c1ccccc1C2=O.